The molecule has 0 amide bonds. The van der Waals surface area contributed by atoms with Gasteiger partial charge in [-0.2, -0.15) is 0 Å². The molecule has 1 unspecified atom stereocenters. The minimum atomic E-state index is -2.17. The SMILES string of the molecule is CCCCCCC#CC(C)(F)C(=O)OCC. The van der Waals surface area contributed by atoms with Crippen molar-refractivity contribution in [3.8, 4) is 11.8 Å². The summed E-state index contributed by atoms with van der Waals surface area (Å²) in [6.45, 7) is 5.10. The first-order chi connectivity index (χ1) is 7.54. The van der Waals surface area contributed by atoms with E-state index in [1.54, 1.807) is 6.92 Å². The van der Waals surface area contributed by atoms with Gasteiger partial charge in [0.15, 0.2) is 0 Å². The zero-order valence-electron chi connectivity index (χ0n) is 10.4. The second kappa shape index (κ2) is 8.15. The first-order valence-electron chi connectivity index (χ1n) is 5.90. The van der Waals surface area contributed by atoms with E-state index in [1.165, 1.54) is 6.42 Å². The van der Waals surface area contributed by atoms with Crippen molar-refractivity contribution in [3.63, 3.8) is 0 Å². The molecule has 92 valence electrons. The molecular weight excluding hydrogens is 207 g/mol. The van der Waals surface area contributed by atoms with E-state index in [0.717, 1.165) is 26.2 Å². The maximum absolute atomic E-state index is 13.6. The fourth-order valence-electron chi connectivity index (χ4n) is 1.19. The average molecular weight is 228 g/mol. The number of rotatable bonds is 6. The van der Waals surface area contributed by atoms with Crippen LogP contribution in [0.4, 0.5) is 4.39 Å². The van der Waals surface area contributed by atoms with Gasteiger partial charge in [0.1, 0.15) is 0 Å². The summed E-state index contributed by atoms with van der Waals surface area (Å²) in [5, 5.41) is 0. The number of carbonyl (C=O) groups excluding carboxylic acids is 1. The van der Waals surface area contributed by atoms with E-state index in [4.69, 9.17) is 0 Å². The number of hydrogen-bond acceptors (Lipinski definition) is 2. The van der Waals surface area contributed by atoms with Gasteiger partial charge in [-0.05, 0) is 20.3 Å². The zero-order valence-corrected chi connectivity index (χ0v) is 10.4. The molecule has 0 aromatic rings. The van der Waals surface area contributed by atoms with Crippen LogP contribution in [0.15, 0.2) is 0 Å². The van der Waals surface area contributed by atoms with E-state index in [9.17, 15) is 9.18 Å². The molecule has 0 saturated carbocycles. The summed E-state index contributed by atoms with van der Waals surface area (Å²) in [5.74, 6) is 4.13. The maximum atomic E-state index is 13.6. The standard InChI is InChI=1S/C13H21FO2/c1-4-6-7-8-9-10-11-13(3,14)12(15)16-5-2/h4-9H2,1-3H3. The highest BCUT2D eigenvalue weighted by Gasteiger charge is 2.32. The largest absolute Gasteiger partial charge is 0.463 e. The van der Waals surface area contributed by atoms with Gasteiger partial charge in [0.05, 0.1) is 6.61 Å². The Morgan fingerprint density at radius 1 is 1.31 bits per heavy atom. The lowest BCUT2D eigenvalue weighted by Crippen LogP contribution is -2.30. The highest BCUT2D eigenvalue weighted by atomic mass is 19.1. The molecule has 0 aromatic heterocycles. The van der Waals surface area contributed by atoms with Gasteiger partial charge in [0.2, 0.25) is 0 Å². The first kappa shape index (κ1) is 15.0. The van der Waals surface area contributed by atoms with Crippen LogP contribution in [0.2, 0.25) is 0 Å². The van der Waals surface area contributed by atoms with E-state index in [1.807, 2.05) is 0 Å². The number of alkyl halides is 1. The fraction of sp³-hybridized carbons (Fsp3) is 0.769. The van der Waals surface area contributed by atoms with Gasteiger partial charge >= 0.3 is 5.97 Å². The predicted molar refractivity (Wildman–Crippen MR) is 62.7 cm³/mol. The Labute approximate surface area is 97.6 Å². The van der Waals surface area contributed by atoms with E-state index in [0.29, 0.717) is 6.42 Å². The summed E-state index contributed by atoms with van der Waals surface area (Å²) >= 11 is 0. The second-order valence-electron chi connectivity index (χ2n) is 3.84. The molecule has 3 heteroatoms. The zero-order chi connectivity index (χ0) is 12.4. The van der Waals surface area contributed by atoms with Gasteiger partial charge in [-0.15, -0.1) is 0 Å². The summed E-state index contributed by atoms with van der Waals surface area (Å²) in [7, 11) is 0. The van der Waals surface area contributed by atoms with Crippen LogP contribution >= 0.6 is 0 Å². The van der Waals surface area contributed by atoms with Crippen molar-refractivity contribution in [1.82, 2.24) is 0 Å². The summed E-state index contributed by atoms with van der Waals surface area (Å²) in [6.07, 6.45) is 5.04. The molecule has 0 bridgehead atoms. The summed E-state index contributed by atoms with van der Waals surface area (Å²) < 4.78 is 18.2. The van der Waals surface area contributed by atoms with Crippen molar-refractivity contribution in [2.45, 2.75) is 58.5 Å². The first-order valence-corrected chi connectivity index (χ1v) is 5.90. The summed E-state index contributed by atoms with van der Waals surface area (Å²) in [4.78, 5) is 11.1. The van der Waals surface area contributed by atoms with Gasteiger partial charge in [-0.1, -0.05) is 38.0 Å². The molecule has 2 nitrogen and oxygen atoms in total. The third kappa shape index (κ3) is 6.44. The molecule has 0 aliphatic rings. The lowest BCUT2D eigenvalue weighted by atomic mass is 10.1. The second-order valence-corrected chi connectivity index (χ2v) is 3.84. The Morgan fingerprint density at radius 2 is 2.00 bits per heavy atom. The van der Waals surface area contributed by atoms with Gasteiger partial charge in [-0.3, -0.25) is 0 Å². The molecule has 0 spiro atoms. The van der Waals surface area contributed by atoms with Gasteiger partial charge in [-0.25, -0.2) is 9.18 Å². The number of unbranched alkanes of at least 4 members (excludes halogenated alkanes) is 4. The minimum absolute atomic E-state index is 0.177. The number of halogens is 1. The molecular formula is C13H21FO2. The topological polar surface area (TPSA) is 26.3 Å². The smallest absolute Gasteiger partial charge is 0.356 e. The van der Waals surface area contributed by atoms with E-state index in [-0.39, 0.29) is 6.61 Å². The Hall–Kier alpha value is -1.04. The summed E-state index contributed by atoms with van der Waals surface area (Å²) in [5.41, 5.74) is -2.17. The molecule has 0 N–H and O–H groups in total. The number of ether oxygens (including phenoxy) is 1. The molecule has 0 aromatic carbocycles. The third-order valence-corrected chi connectivity index (χ3v) is 2.14. The molecule has 0 aliphatic heterocycles. The normalized spacial score (nSPS) is 13.5. The van der Waals surface area contributed by atoms with E-state index >= 15 is 0 Å². The molecule has 16 heavy (non-hydrogen) atoms. The summed E-state index contributed by atoms with van der Waals surface area (Å²) in [6, 6.07) is 0. The van der Waals surface area contributed by atoms with E-state index in [2.05, 4.69) is 23.5 Å². The lowest BCUT2D eigenvalue weighted by Gasteiger charge is -2.10. The van der Waals surface area contributed by atoms with Crippen LogP contribution in [0, 0.1) is 11.8 Å². The molecule has 0 aliphatic carbocycles. The highest BCUT2D eigenvalue weighted by molar-refractivity contribution is 5.82. The maximum Gasteiger partial charge on any atom is 0.356 e. The van der Waals surface area contributed by atoms with Crippen molar-refractivity contribution >= 4 is 5.97 Å². The van der Waals surface area contributed by atoms with Crippen LogP contribution in [0.3, 0.4) is 0 Å². The quantitative estimate of drug-likeness (QED) is 0.396. The van der Waals surface area contributed by atoms with Crippen molar-refractivity contribution in [2.24, 2.45) is 0 Å². The molecule has 0 heterocycles. The molecule has 0 radical (unpaired) electrons. The Kier molecular flexibility index (Phi) is 7.62. The number of esters is 1. The van der Waals surface area contributed by atoms with Crippen LogP contribution in [0.25, 0.3) is 0 Å². The molecule has 1 atom stereocenters. The molecule has 0 saturated heterocycles. The van der Waals surface area contributed by atoms with Crippen LogP contribution < -0.4 is 0 Å². The van der Waals surface area contributed by atoms with Crippen LogP contribution in [0.1, 0.15) is 52.9 Å². The van der Waals surface area contributed by atoms with Gasteiger partial charge in [0, 0.05) is 6.42 Å². The Bertz CT molecular complexity index is 261. The van der Waals surface area contributed by atoms with Crippen molar-refractivity contribution in [2.75, 3.05) is 6.61 Å². The lowest BCUT2D eigenvalue weighted by molar-refractivity contribution is -0.152. The van der Waals surface area contributed by atoms with Crippen LogP contribution in [-0.2, 0) is 9.53 Å². The van der Waals surface area contributed by atoms with Crippen LogP contribution in [0.5, 0.6) is 0 Å². The number of hydrogen-bond donors (Lipinski definition) is 0. The monoisotopic (exact) mass is 228 g/mol. The minimum Gasteiger partial charge on any atom is -0.463 e. The Balaban J connectivity index is 3.95. The third-order valence-electron chi connectivity index (χ3n) is 2.14. The van der Waals surface area contributed by atoms with Crippen molar-refractivity contribution in [1.29, 1.82) is 0 Å². The van der Waals surface area contributed by atoms with Crippen molar-refractivity contribution in [3.05, 3.63) is 0 Å². The van der Waals surface area contributed by atoms with E-state index < -0.39 is 11.6 Å². The number of carbonyl (C=O) groups is 1. The highest BCUT2D eigenvalue weighted by Crippen LogP contribution is 2.11. The molecule has 0 rings (SSSR count). The van der Waals surface area contributed by atoms with Gasteiger partial charge in [0.25, 0.3) is 5.67 Å². The predicted octanol–water partition coefficient (Wildman–Crippen LogP) is 3.25. The Morgan fingerprint density at radius 3 is 2.56 bits per heavy atom. The van der Waals surface area contributed by atoms with Crippen LogP contribution in [-0.4, -0.2) is 18.2 Å². The molecule has 0 fully saturated rings. The average Bonchev–Trinajstić information content (AvgIpc) is 2.23. The fourth-order valence-corrected chi connectivity index (χ4v) is 1.19. The van der Waals surface area contributed by atoms with Gasteiger partial charge < -0.3 is 4.74 Å². The van der Waals surface area contributed by atoms with Crippen molar-refractivity contribution < 1.29 is 13.9 Å².